The van der Waals surface area contributed by atoms with Crippen LogP contribution in [0.15, 0.2) is 36.6 Å². The van der Waals surface area contributed by atoms with E-state index in [4.69, 9.17) is 10.00 Å². The summed E-state index contributed by atoms with van der Waals surface area (Å²) in [6, 6.07) is 8.10. The lowest BCUT2D eigenvalue weighted by Crippen LogP contribution is -1.89. The predicted molar refractivity (Wildman–Crippen MR) is 43.5 cm³/mol. The van der Waals surface area contributed by atoms with E-state index in [9.17, 15) is 5.11 Å². The molecule has 1 N–H and O–H groups in total. The van der Waals surface area contributed by atoms with Crippen LogP contribution in [-0.2, 0) is 0 Å². The van der Waals surface area contributed by atoms with Gasteiger partial charge >= 0.3 is 0 Å². The molecule has 60 valence electrons. The van der Waals surface area contributed by atoms with Crippen molar-refractivity contribution in [2.75, 3.05) is 0 Å². The minimum absolute atomic E-state index is 0.00565. The number of nitrogens with zero attached hydrogens (tertiary/aromatic N) is 1. The van der Waals surface area contributed by atoms with Crippen molar-refractivity contribution in [3.8, 4) is 17.6 Å². The number of aromatic hydroxyl groups is 1. The molecule has 0 aliphatic heterocycles. The van der Waals surface area contributed by atoms with Gasteiger partial charge in [-0.1, -0.05) is 12.1 Å². The van der Waals surface area contributed by atoms with Crippen LogP contribution in [0.3, 0.4) is 0 Å². The van der Waals surface area contributed by atoms with Crippen LogP contribution >= 0.6 is 0 Å². The van der Waals surface area contributed by atoms with Crippen molar-refractivity contribution in [1.29, 1.82) is 5.26 Å². The molecule has 0 heterocycles. The quantitative estimate of drug-likeness (QED) is 0.531. The van der Waals surface area contributed by atoms with E-state index < -0.39 is 0 Å². The minimum Gasteiger partial charge on any atom is -0.504 e. The number of hydrogen-bond donors (Lipinski definition) is 1. The summed E-state index contributed by atoms with van der Waals surface area (Å²) < 4.78 is 4.89. The summed E-state index contributed by atoms with van der Waals surface area (Å²) in [5, 5.41) is 17.5. The Kier molecular flexibility index (Phi) is 2.34. The molecule has 1 aromatic carbocycles. The Morgan fingerprint density at radius 3 is 2.75 bits per heavy atom. The maximum atomic E-state index is 9.18. The Hall–Kier alpha value is -1.95. The molecule has 1 aromatic rings. The summed E-state index contributed by atoms with van der Waals surface area (Å²) in [5.41, 5.74) is 0. The average molecular weight is 161 g/mol. The smallest absolute Gasteiger partial charge is 0.197 e. The molecule has 3 nitrogen and oxygen atoms in total. The predicted octanol–water partition coefficient (Wildman–Crippen LogP) is 1.81. The molecule has 0 atom stereocenters. The highest BCUT2D eigenvalue weighted by molar-refractivity contribution is 5.39. The van der Waals surface area contributed by atoms with Crippen molar-refractivity contribution < 1.29 is 9.84 Å². The van der Waals surface area contributed by atoms with Gasteiger partial charge in [-0.2, -0.15) is 5.26 Å². The van der Waals surface area contributed by atoms with Crippen molar-refractivity contribution in [2.45, 2.75) is 0 Å². The van der Waals surface area contributed by atoms with Gasteiger partial charge in [-0.3, -0.25) is 0 Å². The third-order valence-electron chi connectivity index (χ3n) is 1.22. The molecule has 0 aliphatic carbocycles. The van der Waals surface area contributed by atoms with E-state index >= 15 is 0 Å². The number of phenols is 1. The van der Waals surface area contributed by atoms with Crippen molar-refractivity contribution >= 4 is 0 Å². The molecule has 0 spiro atoms. The Balaban J connectivity index is 2.84. The number of phenolic OH excluding ortho intramolecular Hbond substituents is 1. The number of allylic oxidation sites excluding steroid dienone is 1. The van der Waals surface area contributed by atoms with Gasteiger partial charge in [-0.25, -0.2) is 0 Å². The standard InChI is InChI=1S/C9H7NO2/c1-7(6-10)12-9-5-3-2-4-8(9)11/h2-5,11H,1H2. The van der Waals surface area contributed by atoms with Crippen LogP contribution in [0.5, 0.6) is 11.5 Å². The van der Waals surface area contributed by atoms with Crippen molar-refractivity contribution in [3.05, 3.63) is 36.6 Å². The maximum absolute atomic E-state index is 9.18. The van der Waals surface area contributed by atoms with Crippen molar-refractivity contribution in [3.63, 3.8) is 0 Å². The van der Waals surface area contributed by atoms with E-state index in [1.54, 1.807) is 24.3 Å². The molecule has 0 saturated carbocycles. The van der Waals surface area contributed by atoms with Crippen LogP contribution in [0.2, 0.25) is 0 Å². The fourth-order valence-electron chi connectivity index (χ4n) is 0.699. The van der Waals surface area contributed by atoms with E-state index in [0.717, 1.165) is 0 Å². The summed E-state index contributed by atoms with van der Waals surface area (Å²) in [4.78, 5) is 0. The van der Waals surface area contributed by atoms with Gasteiger partial charge in [-0.15, -0.1) is 0 Å². The third kappa shape index (κ3) is 1.77. The van der Waals surface area contributed by atoms with Gasteiger partial charge < -0.3 is 9.84 Å². The highest BCUT2D eigenvalue weighted by Crippen LogP contribution is 2.25. The molecule has 0 radical (unpaired) electrons. The van der Waals surface area contributed by atoms with Crippen molar-refractivity contribution in [2.24, 2.45) is 0 Å². The second-order valence-corrected chi connectivity index (χ2v) is 2.10. The van der Waals surface area contributed by atoms with Gasteiger partial charge in [0.1, 0.15) is 6.07 Å². The number of ether oxygens (including phenoxy) is 1. The summed E-state index contributed by atoms with van der Waals surface area (Å²) in [6.45, 7) is 3.32. The van der Waals surface area contributed by atoms with Crippen LogP contribution in [0.25, 0.3) is 0 Å². The second kappa shape index (κ2) is 3.44. The third-order valence-corrected chi connectivity index (χ3v) is 1.22. The van der Waals surface area contributed by atoms with Crippen LogP contribution in [0.1, 0.15) is 0 Å². The molecule has 0 aliphatic rings. The molecule has 3 heteroatoms. The van der Waals surface area contributed by atoms with Gasteiger partial charge in [0.25, 0.3) is 0 Å². The van der Waals surface area contributed by atoms with Gasteiger partial charge in [0.05, 0.1) is 0 Å². The summed E-state index contributed by atoms with van der Waals surface area (Å²) in [5.74, 6) is 0.189. The van der Waals surface area contributed by atoms with E-state index in [-0.39, 0.29) is 17.3 Å². The Morgan fingerprint density at radius 1 is 1.50 bits per heavy atom. The normalized spacial score (nSPS) is 8.58. The van der Waals surface area contributed by atoms with Crippen LogP contribution in [0.4, 0.5) is 0 Å². The van der Waals surface area contributed by atoms with Gasteiger partial charge in [0.2, 0.25) is 0 Å². The molecular weight excluding hydrogens is 154 g/mol. The molecule has 12 heavy (non-hydrogen) atoms. The lowest BCUT2D eigenvalue weighted by atomic mass is 10.3. The molecular formula is C9H7NO2. The fraction of sp³-hybridized carbons (Fsp3) is 0. The zero-order valence-corrected chi connectivity index (χ0v) is 6.32. The number of nitriles is 1. The van der Waals surface area contributed by atoms with E-state index in [1.807, 2.05) is 0 Å². The van der Waals surface area contributed by atoms with E-state index in [0.29, 0.717) is 0 Å². The number of hydrogen-bond acceptors (Lipinski definition) is 3. The molecule has 0 amide bonds. The van der Waals surface area contributed by atoms with Crippen LogP contribution in [0, 0.1) is 11.3 Å². The highest BCUT2D eigenvalue weighted by Gasteiger charge is 2.01. The summed E-state index contributed by atoms with van der Waals surface area (Å²) in [7, 11) is 0. The van der Waals surface area contributed by atoms with Gasteiger partial charge in [0, 0.05) is 0 Å². The van der Waals surface area contributed by atoms with Crippen LogP contribution in [-0.4, -0.2) is 5.11 Å². The van der Waals surface area contributed by atoms with E-state index in [1.165, 1.54) is 6.07 Å². The first-order valence-corrected chi connectivity index (χ1v) is 3.29. The lowest BCUT2D eigenvalue weighted by Gasteiger charge is -2.03. The van der Waals surface area contributed by atoms with E-state index in [2.05, 4.69) is 6.58 Å². The molecule has 0 aromatic heterocycles. The summed E-state index contributed by atoms with van der Waals surface area (Å²) >= 11 is 0. The Morgan fingerprint density at radius 2 is 2.17 bits per heavy atom. The van der Waals surface area contributed by atoms with Crippen LogP contribution < -0.4 is 4.74 Å². The molecule has 0 bridgehead atoms. The first kappa shape index (κ1) is 8.15. The maximum Gasteiger partial charge on any atom is 0.197 e. The first-order chi connectivity index (χ1) is 5.74. The zero-order chi connectivity index (χ0) is 8.97. The Labute approximate surface area is 70.1 Å². The number of para-hydroxylation sites is 2. The van der Waals surface area contributed by atoms with Gasteiger partial charge in [-0.05, 0) is 18.7 Å². The Bertz CT molecular complexity index is 339. The molecule has 0 unspecified atom stereocenters. The molecule has 0 fully saturated rings. The molecule has 1 rings (SSSR count). The lowest BCUT2D eigenvalue weighted by molar-refractivity contribution is 0.395. The van der Waals surface area contributed by atoms with Crippen molar-refractivity contribution in [1.82, 2.24) is 0 Å². The second-order valence-electron chi connectivity index (χ2n) is 2.10. The first-order valence-electron chi connectivity index (χ1n) is 3.29. The monoisotopic (exact) mass is 161 g/mol. The zero-order valence-electron chi connectivity index (χ0n) is 6.32. The average Bonchev–Trinajstić information content (AvgIpc) is 2.09. The SMILES string of the molecule is C=C(C#N)Oc1ccccc1O. The minimum atomic E-state index is -0.0449. The number of rotatable bonds is 2. The molecule has 0 saturated heterocycles. The highest BCUT2D eigenvalue weighted by atomic mass is 16.5. The largest absolute Gasteiger partial charge is 0.504 e. The summed E-state index contributed by atoms with van der Waals surface area (Å²) in [6.07, 6.45) is 0. The fourth-order valence-corrected chi connectivity index (χ4v) is 0.699. The number of benzene rings is 1. The topological polar surface area (TPSA) is 53.2 Å². The van der Waals surface area contributed by atoms with Gasteiger partial charge in [0.15, 0.2) is 17.3 Å².